The SMILES string of the molecule is CC(O)C(=O)NC[C@@H]1CC[C@@H](Nc2ncnc3[nH]cc(C(=O)c4ccc(Oc5ccccc5)cc4Cl)c23)CO1. The van der Waals surface area contributed by atoms with Crippen LogP contribution < -0.4 is 15.4 Å². The zero-order chi connectivity index (χ0) is 27.4. The van der Waals surface area contributed by atoms with Gasteiger partial charge >= 0.3 is 0 Å². The monoisotopic (exact) mass is 549 g/mol. The lowest BCUT2D eigenvalue weighted by Crippen LogP contribution is -2.43. The summed E-state index contributed by atoms with van der Waals surface area (Å²) < 4.78 is 11.7. The largest absolute Gasteiger partial charge is 0.457 e. The van der Waals surface area contributed by atoms with Gasteiger partial charge in [-0.2, -0.15) is 0 Å². The molecule has 3 heterocycles. The smallest absolute Gasteiger partial charge is 0.248 e. The van der Waals surface area contributed by atoms with Gasteiger partial charge in [-0.3, -0.25) is 9.59 Å². The molecule has 3 atom stereocenters. The first kappa shape index (κ1) is 26.6. The number of para-hydroxylation sites is 1. The van der Waals surface area contributed by atoms with Crippen molar-refractivity contribution in [2.75, 3.05) is 18.5 Å². The highest BCUT2D eigenvalue weighted by atomic mass is 35.5. The molecule has 1 saturated heterocycles. The van der Waals surface area contributed by atoms with E-state index in [2.05, 4.69) is 25.6 Å². The van der Waals surface area contributed by atoms with Gasteiger partial charge in [0.1, 0.15) is 35.4 Å². The molecule has 2 aromatic carbocycles. The van der Waals surface area contributed by atoms with E-state index < -0.39 is 12.0 Å². The maximum absolute atomic E-state index is 13.6. The van der Waals surface area contributed by atoms with Gasteiger partial charge in [0, 0.05) is 24.4 Å². The van der Waals surface area contributed by atoms with Crippen LogP contribution >= 0.6 is 11.6 Å². The minimum atomic E-state index is -1.06. The number of nitrogens with zero attached hydrogens (tertiary/aromatic N) is 2. The number of amides is 1. The van der Waals surface area contributed by atoms with Crippen LogP contribution in [-0.4, -0.2) is 63.2 Å². The van der Waals surface area contributed by atoms with Crippen LogP contribution in [0.3, 0.4) is 0 Å². The fraction of sp³-hybridized carbons (Fsp3) is 0.286. The molecule has 1 amide bonds. The molecule has 0 saturated carbocycles. The van der Waals surface area contributed by atoms with Gasteiger partial charge in [0.25, 0.3) is 0 Å². The Morgan fingerprint density at radius 2 is 1.97 bits per heavy atom. The van der Waals surface area contributed by atoms with Gasteiger partial charge < -0.3 is 30.2 Å². The summed E-state index contributed by atoms with van der Waals surface area (Å²) in [4.78, 5) is 36.9. The van der Waals surface area contributed by atoms with E-state index in [-0.39, 0.29) is 23.0 Å². The van der Waals surface area contributed by atoms with E-state index in [0.29, 0.717) is 59.0 Å². The van der Waals surface area contributed by atoms with Gasteiger partial charge in [0.2, 0.25) is 5.91 Å². The topological polar surface area (TPSA) is 138 Å². The number of hydrogen-bond donors (Lipinski definition) is 4. The predicted octanol–water partition coefficient (Wildman–Crippen LogP) is 4.09. The van der Waals surface area contributed by atoms with Gasteiger partial charge in [0.15, 0.2) is 5.78 Å². The number of aliphatic hydroxyl groups is 1. The molecule has 0 aliphatic carbocycles. The van der Waals surface area contributed by atoms with Crippen molar-refractivity contribution in [3.8, 4) is 11.5 Å². The van der Waals surface area contributed by atoms with Gasteiger partial charge in [-0.05, 0) is 44.0 Å². The third-order valence-corrected chi connectivity index (χ3v) is 6.79. The van der Waals surface area contributed by atoms with Gasteiger partial charge in [-0.1, -0.05) is 29.8 Å². The lowest BCUT2D eigenvalue weighted by atomic mass is 10.0. The van der Waals surface area contributed by atoms with Crippen molar-refractivity contribution in [3.63, 3.8) is 0 Å². The quantitative estimate of drug-likeness (QED) is 0.229. The number of benzene rings is 2. The first-order chi connectivity index (χ1) is 18.9. The number of ketones is 1. The van der Waals surface area contributed by atoms with Crippen molar-refractivity contribution in [2.45, 2.75) is 38.0 Å². The molecule has 4 N–H and O–H groups in total. The molecular weight excluding hydrogens is 522 g/mol. The minimum absolute atomic E-state index is 0.0531. The number of ether oxygens (including phenoxy) is 2. The third kappa shape index (κ3) is 6.19. The Hall–Kier alpha value is -3.99. The summed E-state index contributed by atoms with van der Waals surface area (Å²) in [5.74, 6) is 1.00. The number of nitrogens with one attached hydrogen (secondary N) is 3. The highest BCUT2D eigenvalue weighted by molar-refractivity contribution is 6.35. The highest BCUT2D eigenvalue weighted by Crippen LogP contribution is 2.32. The molecule has 202 valence electrons. The number of fused-ring (bicyclic) bond motifs is 1. The number of hydrogen-bond acceptors (Lipinski definition) is 8. The third-order valence-electron chi connectivity index (χ3n) is 6.47. The number of rotatable bonds is 9. The summed E-state index contributed by atoms with van der Waals surface area (Å²) >= 11 is 6.52. The van der Waals surface area contributed by atoms with Crippen LogP contribution in [0.4, 0.5) is 5.82 Å². The van der Waals surface area contributed by atoms with Crippen molar-refractivity contribution >= 4 is 40.1 Å². The molecule has 2 aromatic heterocycles. The van der Waals surface area contributed by atoms with E-state index >= 15 is 0 Å². The molecular formula is C28H28ClN5O5. The van der Waals surface area contributed by atoms with E-state index in [1.165, 1.54) is 13.3 Å². The fourth-order valence-electron chi connectivity index (χ4n) is 4.40. The van der Waals surface area contributed by atoms with E-state index in [0.717, 1.165) is 6.42 Å². The summed E-state index contributed by atoms with van der Waals surface area (Å²) in [7, 11) is 0. The molecule has 11 heteroatoms. The Balaban J connectivity index is 1.29. The van der Waals surface area contributed by atoms with Crippen molar-refractivity contribution in [3.05, 3.63) is 77.2 Å². The summed E-state index contributed by atoms with van der Waals surface area (Å²) in [5.41, 5.74) is 1.24. The molecule has 4 aromatic rings. The van der Waals surface area contributed by atoms with Crippen LogP contribution in [0.15, 0.2) is 61.1 Å². The summed E-state index contributed by atoms with van der Waals surface area (Å²) in [6.07, 6.45) is 3.31. The normalized spacial score (nSPS) is 17.9. The van der Waals surface area contributed by atoms with E-state index in [1.54, 1.807) is 24.4 Å². The minimum Gasteiger partial charge on any atom is -0.457 e. The van der Waals surface area contributed by atoms with Crippen LogP contribution in [0.1, 0.15) is 35.7 Å². The van der Waals surface area contributed by atoms with Crippen molar-refractivity contribution < 1.29 is 24.2 Å². The second-order valence-electron chi connectivity index (χ2n) is 9.33. The van der Waals surface area contributed by atoms with Gasteiger partial charge in [-0.15, -0.1) is 0 Å². The molecule has 1 aliphatic rings. The first-order valence-corrected chi connectivity index (χ1v) is 13.0. The van der Waals surface area contributed by atoms with Crippen LogP contribution in [0.2, 0.25) is 5.02 Å². The van der Waals surface area contributed by atoms with Crippen LogP contribution in [-0.2, 0) is 9.53 Å². The van der Waals surface area contributed by atoms with Crippen LogP contribution in [0, 0.1) is 0 Å². The van der Waals surface area contributed by atoms with E-state index in [4.69, 9.17) is 21.1 Å². The Morgan fingerprint density at radius 1 is 1.15 bits per heavy atom. The molecule has 0 bridgehead atoms. The Bertz CT molecular complexity index is 1470. The zero-order valence-corrected chi connectivity index (χ0v) is 21.9. The lowest BCUT2D eigenvalue weighted by Gasteiger charge is -2.30. The second kappa shape index (κ2) is 11.8. The predicted molar refractivity (Wildman–Crippen MR) is 146 cm³/mol. The van der Waals surface area contributed by atoms with Crippen LogP contribution in [0.25, 0.3) is 11.0 Å². The zero-order valence-electron chi connectivity index (χ0n) is 21.2. The molecule has 1 fully saturated rings. The molecule has 1 unspecified atom stereocenters. The van der Waals surface area contributed by atoms with Crippen molar-refractivity contribution in [1.29, 1.82) is 0 Å². The Labute approximate surface area is 229 Å². The highest BCUT2D eigenvalue weighted by Gasteiger charge is 2.26. The number of halogens is 1. The number of carbonyl (C=O) groups excluding carboxylic acids is 2. The number of aromatic amines is 1. The number of aromatic nitrogens is 3. The van der Waals surface area contributed by atoms with Crippen molar-refractivity contribution in [2.24, 2.45) is 0 Å². The standard InChI is InChI=1S/C28H28ClN5O5/c1-16(35)28(37)31-12-20-8-7-17(14-38-20)34-27-24-22(13-30-26(24)32-15-33-27)25(36)21-10-9-19(11-23(21)29)39-18-5-3-2-4-6-18/h2-6,9-11,13,15-17,20,35H,7-8,12,14H2,1H3,(H,31,37)(H2,30,32,33,34)/t16?,17-,20+/m1/s1. The fourth-order valence-corrected chi connectivity index (χ4v) is 4.66. The molecule has 39 heavy (non-hydrogen) atoms. The first-order valence-electron chi connectivity index (χ1n) is 12.6. The van der Waals surface area contributed by atoms with Crippen molar-refractivity contribution in [1.82, 2.24) is 20.3 Å². The molecule has 5 rings (SSSR count). The van der Waals surface area contributed by atoms with Crippen LogP contribution in [0.5, 0.6) is 11.5 Å². The average molecular weight is 550 g/mol. The molecule has 0 radical (unpaired) electrons. The summed E-state index contributed by atoms with van der Waals surface area (Å²) in [6.45, 7) is 2.15. The number of carbonyl (C=O) groups is 2. The van der Waals surface area contributed by atoms with E-state index in [1.807, 2.05) is 30.3 Å². The van der Waals surface area contributed by atoms with Gasteiger partial charge in [0.05, 0.1) is 34.7 Å². The molecule has 10 nitrogen and oxygen atoms in total. The van der Waals surface area contributed by atoms with Gasteiger partial charge in [-0.25, -0.2) is 9.97 Å². The Kier molecular flexibility index (Phi) is 8.06. The molecule has 1 aliphatic heterocycles. The molecule has 0 spiro atoms. The number of H-pyrrole nitrogens is 1. The number of anilines is 1. The summed E-state index contributed by atoms with van der Waals surface area (Å²) in [6, 6.07) is 14.2. The maximum atomic E-state index is 13.6. The average Bonchev–Trinajstić information content (AvgIpc) is 3.38. The van der Waals surface area contributed by atoms with E-state index in [9.17, 15) is 14.7 Å². The maximum Gasteiger partial charge on any atom is 0.248 e. The number of aliphatic hydroxyl groups excluding tert-OH is 1. The second-order valence-corrected chi connectivity index (χ2v) is 9.74. The summed E-state index contributed by atoms with van der Waals surface area (Å²) in [5, 5.41) is 16.2. The lowest BCUT2D eigenvalue weighted by molar-refractivity contribution is -0.129. The Morgan fingerprint density at radius 3 is 2.69 bits per heavy atom.